The van der Waals surface area contributed by atoms with E-state index >= 15 is 0 Å². The molecule has 4 aliphatic rings. The average molecular weight is 679 g/mol. The van der Waals surface area contributed by atoms with E-state index in [-0.39, 0.29) is 0 Å². The van der Waals surface area contributed by atoms with Crippen molar-refractivity contribution in [2.75, 3.05) is 52.9 Å². The highest BCUT2D eigenvalue weighted by atomic mass is 79.9. The van der Waals surface area contributed by atoms with Crippen LogP contribution in [-0.4, -0.2) is 92.0 Å². The van der Waals surface area contributed by atoms with Crippen LogP contribution in [0.3, 0.4) is 0 Å². The number of allylic oxidation sites excluding steroid dienone is 1. The summed E-state index contributed by atoms with van der Waals surface area (Å²) in [7, 11) is 1.63. The molecule has 0 aromatic heterocycles. The predicted octanol–water partition coefficient (Wildman–Crippen LogP) is 6.80. The molecule has 3 heterocycles. The van der Waals surface area contributed by atoms with Gasteiger partial charge >= 0.3 is 0 Å². The zero-order valence-corrected chi connectivity index (χ0v) is 28.9. The van der Waals surface area contributed by atoms with E-state index in [1.54, 1.807) is 7.05 Å². The summed E-state index contributed by atoms with van der Waals surface area (Å²) in [5.74, 6) is 0.988. The van der Waals surface area contributed by atoms with Gasteiger partial charge in [-0.05, 0) is 94.1 Å². The Bertz CT molecular complexity index is 1070. The zero-order chi connectivity index (χ0) is 30.6. The SMILES string of the molecule is CCCCC1CN(C2CCN(C3C=C(C)CCc4cc(Cl)ccc43)CC2)CCN1C(=O)CC1CCNCC1.CN=COBr. The Morgan fingerprint density at radius 2 is 1.88 bits per heavy atom. The van der Waals surface area contributed by atoms with Crippen molar-refractivity contribution in [2.24, 2.45) is 10.9 Å². The van der Waals surface area contributed by atoms with Gasteiger partial charge in [0.15, 0.2) is 22.7 Å². The van der Waals surface area contributed by atoms with Crippen LogP contribution in [-0.2, 0) is 15.0 Å². The lowest BCUT2D eigenvalue weighted by molar-refractivity contribution is -0.138. The van der Waals surface area contributed by atoms with Gasteiger partial charge < -0.3 is 14.0 Å². The molecule has 43 heavy (non-hydrogen) atoms. The number of nitrogens with zero attached hydrogens (tertiary/aromatic N) is 4. The minimum atomic E-state index is 0.368. The number of likely N-dealkylation sites (tertiary alicyclic amines) is 1. The number of nitrogens with one attached hydrogen (secondary N) is 1. The maximum Gasteiger partial charge on any atom is 0.223 e. The number of piperazine rings is 1. The second-order valence-electron chi connectivity index (χ2n) is 12.8. The third kappa shape index (κ3) is 10.0. The van der Waals surface area contributed by atoms with E-state index in [2.05, 4.69) is 83.2 Å². The molecule has 0 bridgehead atoms. The van der Waals surface area contributed by atoms with E-state index < -0.39 is 0 Å². The molecule has 0 radical (unpaired) electrons. The lowest BCUT2D eigenvalue weighted by Gasteiger charge is -2.47. The molecule has 1 aliphatic carbocycles. The van der Waals surface area contributed by atoms with Crippen molar-refractivity contribution in [3.8, 4) is 0 Å². The number of halogens is 2. The smallest absolute Gasteiger partial charge is 0.223 e. The molecule has 2 unspecified atom stereocenters. The van der Waals surface area contributed by atoms with Gasteiger partial charge in [0.25, 0.3) is 0 Å². The largest absolute Gasteiger partial charge is 0.406 e. The van der Waals surface area contributed by atoms with Crippen molar-refractivity contribution in [2.45, 2.75) is 96.2 Å². The maximum absolute atomic E-state index is 13.4. The lowest BCUT2D eigenvalue weighted by atomic mass is 9.92. The molecule has 3 aliphatic heterocycles. The summed E-state index contributed by atoms with van der Waals surface area (Å²) in [6, 6.07) is 7.91. The van der Waals surface area contributed by atoms with Gasteiger partial charge in [0.1, 0.15) is 0 Å². The molecule has 1 aromatic carbocycles. The maximum atomic E-state index is 13.4. The number of benzene rings is 1. The van der Waals surface area contributed by atoms with Gasteiger partial charge in [-0.3, -0.25) is 19.6 Å². The molecule has 1 N–H and O–H groups in total. The van der Waals surface area contributed by atoms with Crippen LogP contribution in [0.15, 0.2) is 34.8 Å². The Labute approximate surface area is 273 Å². The lowest BCUT2D eigenvalue weighted by Crippen LogP contribution is -2.59. The molecule has 9 heteroatoms. The first-order valence-corrected chi connectivity index (χ1v) is 17.6. The molecule has 3 saturated heterocycles. The Hall–Kier alpha value is -1.45. The minimum absolute atomic E-state index is 0.368. The van der Waals surface area contributed by atoms with Crippen molar-refractivity contribution < 1.29 is 8.62 Å². The first-order chi connectivity index (χ1) is 20.9. The minimum Gasteiger partial charge on any atom is -0.406 e. The van der Waals surface area contributed by atoms with Crippen LogP contribution in [0.4, 0.5) is 0 Å². The average Bonchev–Trinajstić information content (AvgIpc) is 3.19. The second kappa shape index (κ2) is 17.9. The number of hydrogen-bond acceptors (Lipinski definition) is 6. The highest BCUT2D eigenvalue weighted by Crippen LogP contribution is 2.35. The summed E-state index contributed by atoms with van der Waals surface area (Å²) in [5, 5.41) is 4.29. The van der Waals surface area contributed by atoms with Crippen LogP contribution in [0, 0.1) is 5.92 Å². The van der Waals surface area contributed by atoms with Gasteiger partial charge in [0, 0.05) is 63.3 Å². The highest BCUT2D eigenvalue weighted by Gasteiger charge is 2.36. The second-order valence-corrected chi connectivity index (χ2v) is 13.6. The molecule has 5 rings (SSSR count). The van der Waals surface area contributed by atoms with Crippen molar-refractivity contribution >= 4 is 40.2 Å². The summed E-state index contributed by atoms with van der Waals surface area (Å²) in [6.07, 6.45) is 15.1. The molecule has 3 fully saturated rings. The summed E-state index contributed by atoms with van der Waals surface area (Å²) < 4.78 is 4.21. The molecule has 2 atom stereocenters. The standard InChI is InChI=1S/C32H49ClN4O.C2H4BrNO/c1-3-4-5-29-23-36(18-19-37(29)32(38)21-25-10-14-34-15-11-25)28-12-16-35(17-13-28)31-20-24(2)6-7-26-22-27(33)8-9-30(26)31;1-4-2-5-3/h8-9,20,22,25,28-29,31,34H,3-7,10-19,21,23H2,1-2H3;2H,1H3. The molecular weight excluding hydrogens is 626 g/mol. The van der Waals surface area contributed by atoms with E-state index in [1.807, 2.05) is 0 Å². The number of aryl methyl sites for hydroxylation is 1. The number of amides is 1. The number of piperidine rings is 2. The highest BCUT2D eigenvalue weighted by molar-refractivity contribution is 9.06. The third-order valence-corrected chi connectivity index (χ3v) is 10.3. The molecule has 0 saturated carbocycles. The Morgan fingerprint density at radius 1 is 1.12 bits per heavy atom. The van der Waals surface area contributed by atoms with Gasteiger partial charge in [-0.1, -0.05) is 49.1 Å². The topological polar surface area (TPSA) is 60.4 Å². The first kappa shape index (κ1) is 34.4. The van der Waals surface area contributed by atoms with Crippen molar-refractivity contribution in [3.05, 3.63) is 46.0 Å². The Morgan fingerprint density at radius 3 is 2.56 bits per heavy atom. The predicted molar refractivity (Wildman–Crippen MR) is 182 cm³/mol. The summed E-state index contributed by atoms with van der Waals surface area (Å²) in [4.78, 5) is 24.6. The fourth-order valence-electron chi connectivity index (χ4n) is 7.40. The van der Waals surface area contributed by atoms with Crippen LogP contribution in [0.1, 0.15) is 88.8 Å². The number of rotatable bonds is 8. The quantitative estimate of drug-likeness (QED) is 0.186. The van der Waals surface area contributed by atoms with Crippen molar-refractivity contribution in [3.63, 3.8) is 0 Å². The normalized spacial score (nSPS) is 24.6. The van der Waals surface area contributed by atoms with E-state index in [1.165, 1.54) is 48.8 Å². The van der Waals surface area contributed by atoms with Crippen LogP contribution in [0.5, 0.6) is 0 Å². The number of fused-ring (bicyclic) bond motifs is 1. The fourth-order valence-corrected chi connectivity index (χ4v) is 7.76. The van der Waals surface area contributed by atoms with Crippen LogP contribution in [0.25, 0.3) is 0 Å². The molecule has 7 nitrogen and oxygen atoms in total. The van der Waals surface area contributed by atoms with Crippen molar-refractivity contribution in [1.29, 1.82) is 0 Å². The summed E-state index contributed by atoms with van der Waals surface area (Å²) in [6.45, 7) is 12.0. The number of carbonyl (C=O) groups excluding carboxylic acids is 1. The van der Waals surface area contributed by atoms with Crippen LogP contribution in [0.2, 0.25) is 5.02 Å². The fraction of sp³-hybridized carbons (Fsp3) is 0.706. The van der Waals surface area contributed by atoms with Crippen molar-refractivity contribution in [1.82, 2.24) is 20.0 Å². The Kier molecular flexibility index (Phi) is 14.3. The van der Waals surface area contributed by atoms with Crippen LogP contribution >= 0.6 is 27.9 Å². The molecule has 1 amide bonds. The van der Waals surface area contributed by atoms with E-state index in [0.29, 0.717) is 30.0 Å². The van der Waals surface area contributed by atoms with E-state index in [4.69, 9.17) is 11.6 Å². The van der Waals surface area contributed by atoms with E-state index in [0.717, 1.165) is 89.4 Å². The molecular formula is C34H53BrClN5O2. The van der Waals surface area contributed by atoms with Gasteiger partial charge in [0.2, 0.25) is 5.91 Å². The number of unbranched alkanes of at least 4 members (excludes halogenated alkanes) is 1. The monoisotopic (exact) mass is 677 g/mol. The van der Waals surface area contributed by atoms with E-state index in [9.17, 15) is 4.79 Å². The zero-order valence-electron chi connectivity index (χ0n) is 26.6. The summed E-state index contributed by atoms with van der Waals surface area (Å²) in [5.41, 5.74) is 4.36. The van der Waals surface area contributed by atoms with Gasteiger partial charge in [-0.2, -0.15) is 0 Å². The number of aliphatic imine (C=N–C) groups is 1. The number of carbonyl (C=O) groups is 1. The van der Waals surface area contributed by atoms with Gasteiger partial charge in [-0.25, -0.2) is 0 Å². The van der Waals surface area contributed by atoms with Gasteiger partial charge in [-0.15, -0.1) is 0 Å². The summed E-state index contributed by atoms with van der Waals surface area (Å²) >= 11 is 9.02. The Balaban J connectivity index is 0.000000782. The van der Waals surface area contributed by atoms with Crippen LogP contribution < -0.4 is 5.32 Å². The third-order valence-electron chi connectivity index (χ3n) is 9.86. The molecule has 1 aromatic rings. The molecule has 240 valence electrons. The van der Waals surface area contributed by atoms with Gasteiger partial charge in [0.05, 0.1) is 6.04 Å². The molecule has 0 spiro atoms. The number of hydrogen-bond donors (Lipinski definition) is 1. The first-order valence-electron chi connectivity index (χ1n) is 16.5.